The van der Waals surface area contributed by atoms with Gasteiger partial charge in [0.1, 0.15) is 5.82 Å². The standard InChI is InChI=1S/C19H17F3N4O3S/c1-13-23-10-11-26(13)12-14-6-8-15(9-7-14)24-18(27)16-4-2-3-5-17(16)25-30(28,29)19(20,21)22/h2-11,25H,12H2,1H3,(H,24,27). The van der Waals surface area contributed by atoms with Gasteiger partial charge in [0.2, 0.25) is 0 Å². The summed E-state index contributed by atoms with van der Waals surface area (Å²) in [6.07, 6.45) is 3.53. The maximum atomic E-state index is 12.6. The van der Waals surface area contributed by atoms with E-state index in [1.807, 2.05) is 17.7 Å². The third kappa shape index (κ3) is 4.79. The van der Waals surface area contributed by atoms with Crippen LogP contribution in [0.1, 0.15) is 21.7 Å². The molecule has 0 fully saturated rings. The summed E-state index contributed by atoms with van der Waals surface area (Å²) >= 11 is 0. The number of carbonyl (C=O) groups is 1. The number of anilines is 2. The van der Waals surface area contributed by atoms with Gasteiger partial charge in [-0.2, -0.15) is 21.6 Å². The van der Waals surface area contributed by atoms with E-state index in [9.17, 15) is 26.4 Å². The molecule has 0 saturated heterocycles. The number of hydrogen-bond acceptors (Lipinski definition) is 4. The fourth-order valence-electron chi connectivity index (χ4n) is 2.63. The average molecular weight is 438 g/mol. The molecule has 11 heteroatoms. The van der Waals surface area contributed by atoms with Crippen LogP contribution in [0.5, 0.6) is 0 Å². The number of amides is 1. The fraction of sp³-hybridized carbons (Fsp3) is 0.158. The van der Waals surface area contributed by atoms with Crippen molar-refractivity contribution in [1.29, 1.82) is 0 Å². The zero-order valence-corrected chi connectivity index (χ0v) is 16.5. The highest BCUT2D eigenvalue weighted by Gasteiger charge is 2.46. The van der Waals surface area contributed by atoms with E-state index in [1.54, 1.807) is 30.5 Å². The van der Waals surface area contributed by atoms with Crippen molar-refractivity contribution >= 4 is 27.3 Å². The zero-order chi connectivity index (χ0) is 21.9. The van der Waals surface area contributed by atoms with Crippen molar-refractivity contribution in [2.24, 2.45) is 0 Å². The van der Waals surface area contributed by atoms with Gasteiger partial charge in [-0.1, -0.05) is 24.3 Å². The van der Waals surface area contributed by atoms with Gasteiger partial charge >= 0.3 is 15.5 Å². The van der Waals surface area contributed by atoms with Crippen LogP contribution in [0.15, 0.2) is 60.9 Å². The fourth-order valence-corrected chi connectivity index (χ4v) is 3.22. The highest BCUT2D eigenvalue weighted by molar-refractivity contribution is 7.93. The number of para-hydroxylation sites is 1. The Kier molecular flexibility index (Phi) is 5.83. The van der Waals surface area contributed by atoms with Crippen LogP contribution >= 0.6 is 0 Å². The third-order valence-electron chi connectivity index (χ3n) is 4.21. The Bertz CT molecular complexity index is 1160. The van der Waals surface area contributed by atoms with Crippen molar-refractivity contribution in [2.75, 3.05) is 10.0 Å². The molecule has 0 unspecified atom stereocenters. The zero-order valence-electron chi connectivity index (χ0n) is 15.6. The average Bonchev–Trinajstić information content (AvgIpc) is 3.07. The highest BCUT2D eigenvalue weighted by Crippen LogP contribution is 2.27. The topological polar surface area (TPSA) is 93.1 Å². The summed E-state index contributed by atoms with van der Waals surface area (Å²) in [5.41, 5.74) is -4.87. The first kappa shape index (κ1) is 21.4. The lowest BCUT2D eigenvalue weighted by atomic mass is 10.1. The lowest BCUT2D eigenvalue weighted by Gasteiger charge is -2.14. The van der Waals surface area contributed by atoms with Crippen molar-refractivity contribution in [3.8, 4) is 0 Å². The first-order valence-electron chi connectivity index (χ1n) is 8.63. The van der Waals surface area contributed by atoms with Gasteiger partial charge in [-0.25, -0.2) is 4.98 Å². The molecule has 2 aromatic carbocycles. The molecule has 0 bridgehead atoms. The predicted molar refractivity (Wildman–Crippen MR) is 106 cm³/mol. The molecule has 1 aromatic heterocycles. The number of alkyl halides is 3. The molecule has 7 nitrogen and oxygen atoms in total. The quantitative estimate of drug-likeness (QED) is 0.613. The molecule has 1 amide bonds. The second kappa shape index (κ2) is 8.19. The maximum Gasteiger partial charge on any atom is 0.516 e. The van der Waals surface area contributed by atoms with Crippen LogP contribution < -0.4 is 10.0 Å². The van der Waals surface area contributed by atoms with Crippen molar-refractivity contribution in [1.82, 2.24) is 9.55 Å². The molecule has 3 aromatic rings. The summed E-state index contributed by atoms with van der Waals surface area (Å²) in [7, 11) is -5.65. The van der Waals surface area contributed by atoms with E-state index in [4.69, 9.17) is 0 Å². The van der Waals surface area contributed by atoms with Crippen LogP contribution in [0.25, 0.3) is 0 Å². The summed E-state index contributed by atoms with van der Waals surface area (Å²) in [6.45, 7) is 2.46. The van der Waals surface area contributed by atoms with Crippen molar-refractivity contribution in [3.05, 3.63) is 77.9 Å². The van der Waals surface area contributed by atoms with Gasteiger partial charge in [0, 0.05) is 24.6 Å². The molecule has 0 radical (unpaired) electrons. The lowest BCUT2D eigenvalue weighted by molar-refractivity contribution is -0.0429. The van der Waals surface area contributed by atoms with Crippen molar-refractivity contribution < 1.29 is 26.4 Å². The second-order valence-electron chi connectivity index (χ2n) is 6.35. The number of carbonyl (C=O) groups excluding carboxylic acids is 1. The molecule has 2 N–H and O–H groups in total. The number of imidazole rings is 1. The smallest absolute Gasteiger partial charge is 0.331 e. The van der Waals surface area contributed by atoms with E-state index in [0.29, 0.717) is 12.2 Å². The van der Waals surface area contributed by atoms with E-state index in [2.05, 4.69) is 10.3 Å². The van der Waals surface area contributed by atoms with Gasteiger partial charge in [-0.15, -0.1) is 0 Å². The molecule has 0 saturated carbocycles. The predicted octanol–water partition coefficient (Wildman–Crippen LogP) is 3.75. The van der Waals surface area contributed by atoms with Crippen LogP contribution in [0.3, 0.4) is 0 Å². The van der Waals surface area contributed by atoms with Gasteiger partial charge in [0.05, 0.1) is 11.3 Å². The molecule has 30 heavy (non-hydrogen) atoms. The third-order valence-corrected chi connectivity index (χ3v) is 5.31. The van der Waals surface area contributed by atoms with E-state index in [-0.39, 0.29) is 5.56 Å². The molecular weight excluding hydrogens is 421 g/mol. The number of aromatic nitrogens is 2. The van der Waals surface area contributed by atoms with Gasteiger partial charge < -0.3 is 9.88 Å². The Morgan fingerprint density at radius 1 is 1.10 bits per heavy atom. The number of sulfonamides is 1. The number of aryl methyl sites for hydroxylation is 1. The number of nitrogens with one attached hydrogen (secondary N) is 2. The Hall–Kier alpha value is -3.34. The van der Waals surface area contributed by atoms with Crippen LogP contribution in [0.2, 0.25) is 0 Å². The largest absolute Gasteiger partial charge is 0.516 e. The summed E-state index contributed by atoms with van der Waals surface area (Å²) in [5, 5.41) is 2.55. The number of rotatable bonds is 6. The van der Waals surface area contributed by atoms with Gasteiger partial charge in [-0.05, 0) is 36.8 Å². The van der Waals surface area contributed by atoms with Gasteiger partial charge in [0.15, 0.2) is 0 Å². The number of nitrogens with zero attached hydrogens (tertiary/aromatic N) is 2. The van der Waals surface area contributed by atoms with E-state index < -0.39 is 27.1 Å². The van der Waals surface area contributed by atoms with E-state index in [0.717, 1.165) is 17.5 Å². The summed E-state index contributed by atoms with van der Waals surface area (Å²) in [6, 6.07) is 11.9. The monoisotopic (exact) mass is 438 g/mol. The molecule has 0 atom stereocenters. The minimum Gasteiger partial charge on any atom is -0.331 e. The summed E-state index contributed by atoms with van der Waals surface area (Å²) in [5.74, 6) is 0.0963. The molecular formula is C19H17F3N4O3S. The minimum atomic E-state index is -5.65. The molecule has 0 spiro atoms. The Balaban J connectivity index is 1.74. The Morgan fingerprint density at radius 3 is 2.37 bits per heavy atom. The number of hydrogen-bond donors (Lipinski definition) is 2. The normalized spacial score (nSPS) is 11.9. The molecule has 1 heterocycles. The van der Waals surface area contributed by atoms with Crippen LogP contribution in [0.4, 0.5) is 24.5 Å². The second-order valence-corrected chi connectivity index (χ2v) is 8.02. The minimum absolute atomic E-state index is 0.247. The van der Waals surface area contributed by atoms with Crippen LogP contribution in [-0.4, -0.2) is 29.4 Å². The maximum absolute atomic E-state index is 12.6. The molecule has 0 aliphatic rings. The first-order chi connectivity index (χ1) is 14.1. The molecule has 158 valence electrons. The summed E-state index contributed by atoms with van der Waals surface area (Å²) in [4.78, 5) is 16.7. The molecule has 0 aliphatic heterocycles. The first-order valence-corrected chi connectivity index (χ1v) is 10.1. The lowest BCUT2D eigenvalue weighted by Crippen LogP contribution is -2.30. The van der Waals surface area contributed by atoms with E-state index in [1.165, 1.54) is 22.9 Å². The summed E-state index contributed by atoms with van der Waals surface area (Å²) < 4.78 is 64.0. The SMILES string of the molecule is Cc1nccn1Cc1ccc(NC(=O)c2ccccc2NS(=O)(=O)C(F)(F)F)cc1. The van der Waals surface area contributed by atoms with Crippen molar-refractivity contribution in [2.45, 2.75) is 19.0 Å². The number of benzene rings is 2. The van der Waals surface area contributed by atoms with Crippen LogP contribution in [-0.2, 0) is 16.6 Å². The van der Waals surface area contributed by atoms with E-state index >= 15 is 0 Å². The Labute approximate surface area is 170 Å². The van der Waals surface area contributed by atoms with Gasteiger partial charge in [0.25, 0.3) is 5.91 Å². The van der Waals surface area contributed by atoms with Crippen molar-refractivity contribution in [3.63, 3.8) is 0 Å². The van der Waals surface area contributed by atoms with Crippen LogP contribution in [0, 0.1) is 6.92 Å². The molecule has 0 aliphatic carbocycles. The number of halogens is 3. The Morgan fingerprint density at radius 2 is 1.77 bits per heavy atom. The van der Waals surface area contributed by atoms with Gasteiger partial charge in [-0.3, -0.25) is 9.52 Å². The highest BCUT2D eigenvalue weighted by atomic mass is 32.2. The molecule has 3 rings (SSSR count).